The number of rotatable bonds is 6. The first-order valence-corrected chi connectivity index (χ1v) is 9.00. The van der Waals surface area contributed by atoms with Crippen molar-refractivity contribution < 1.29 is 4.74 Å². The summed E-state index contributed by atoms with van der Waals surface area (Å²) < 4.78 is 5.47. The fourth-order valence-corrected chi connectivity index (χ4v) is 3.12. The molecule has 0 spiro atoms. The van der Waals surface area contributed by atoms with Gasteiger partial charge in [0.1, 0.15) is 17.5 Å². The molecule has 6 nitrogen and oxygen atoms in total. The van der Waals surface area contributed by atoms with Gasteiger partial charge in [-0.05, 0) is 32.9 Å². The lowest BCUT2D eigenvalue weighted by Gasteiger charge is -2.30. The van der Waals surface area contributed by atoms with Crippen LogP contribution in [0.15, 0.2) is 30.3 Å². The molecule has 0 saturated carbocycles. The van der Waals surface area contributed by atoms with Crippen LogP contribution in [0, 0.1) is 6.92 Å². The second-order valence-corrected chi connectivity index (χ2v) is 6.07. The Bertz CT molecular complexity index is 696. The highest BCUT2D eigenvalue weighted by molar-refractivity contribution is 5.75. The van der Waals surface area contributed by atoms with Gasteiger partial charge in [-0.1, -0.05) is 12.1 Å². The molecule has 1 saturated heterocycles. The van der Waals surface area contributed by atoms with Crippen LogP contribution in [0.25, 0.3) is 0 Å². The second kappa shape index (κ2) is 8.16. The minimum Gasteiger partial charge on any atom is -0.378 e. The Labute approximate surface area is 149 Å². The summed E-state index contributed by atoms with van der Waals surface area (Å²) in [6.45, 7) is 11.4. The molecule has 0 unspecified atom stereocenters. The van der Waals surface area contributed by atoms with Gasteiger partial charge in [0.2, 0.25) is 0 Å². The largest absolute Gasteiger partial charge is 0.378 e. The molecule has 0 bridgehead atoms. The molecule has 0 amide bonds. The molecule has 3 rings (SSSR count). The first-order chi connectivity index (χ1) is 12.2. The summed E-state index contributed by atoms with van der Waals surface area (Å²) in [6, 6.07) is 10.4. The van der Waals surface area contributed by atoms with Gasteiger partial charge in [-0.15, -0.1) is 0 Å². The van der Waals surface area contributed by atoms with Crippen molar-refractivity contribution in [1.82, 2.24) is 9.97 Å². The standard InChI is InChI=1S/C19H27N5O/c1-4-23(5-2)19-14-18(20-15(3)21-19)22-16-8-6-7-9-17(16)24-10-12-25-13-11-24/h6-9,14H,4-5,10-13H2,1-3H3,(H,20,21,22). The number of hydrogen-bond donors (Lipinski definition) is 1. The minimum atomic E-state index is 0.771. The Morgan fingerprint density at radius 3 is 2.56 bits per heavy atom. The number of nitrogens with zero attached hydrogens (tertiary/aromatic N) is 4. The average Bonchev–Trinajstić information content (AvgIpc) is 2.63. The van der Waals surface area contributed by atoms with E-state index < -0.39 is 0 Å². The van der Waals surface area contributed by atoms with Crippen molar-refractivity contribution in [2.45, 2.75) is 20.8 Å². The van der Waals surface area contributed by atoms with Crippen LogP contribution < -0.4 is 15.1 Å². The van der Waals surface area contributed by atoms with Crippen LogP contribution >= 0.6 is 0 Å². The van der Waals surface area contributed by atoms with Crippen LogP contribution in [0.4, 0.5) is 23.0 Å². The molecule has 1 fully saturated rings. The van der Waals surface area contributed by atoms with E-state index in [-0.39, 0.29) is 0 Å². The summed E-state index contributed by atoms with van der Waals surface area (Å²) in [5.74, 6) is 2.56. The molecule has 1 aliphatic rings. The van der Waals surface area contributed by atoms with E-state index in [0.29, 0.717) is 0 Å². The van der Waals surface area contributed by atoms with Crippen LogP contribution in [-0.2, 0) is 4.74 Å². The highest BCUT2D eigenvalue weighted by Gasteiger charge is 2.15. The van der Waals surface area contributed by atoms with E-state index in [1.165, 1.54) is 5.69 Å². The molecule has 2 heterocycles. The number of anilines is 4. The maximum absolute atomic E-state index is 5.47. The summed E-state index contributed by atoms with van der Waals surface area (Å²) in [4.78, 5) is 13.7. The van der Waals surface area contributed by atoms with Crippen LogP contribution in [0.3, 0.4) is 0 Å². The molecule has 0 aliphatic carbocycles. The molecule has 0 radical (unpaired) electrons. The number of morpholine rings is 1. The summed E-state index contributed by atoms with van der Waals surface area (Å²) in [5, 5.41) is 3.49. The summed E-state index contributed by atoms with van der Waals surface area (Å²) >= 11 is 0. The van der Waals surface area contributed by atoms with Gasteiger partial charge in [0.25, 0.3) is 0 Å². The molecule has 2 aromatic rings. The molecule has 1 aromatic carbocycles. The Kier molecular flexibility index (Phi) is 5.71. The number of para-hydroxylation sites is 2. The zero-order valence-electron chi connectivity index (χ0n) is 15.3. The van der Waals surface area contributed by atoms with Crippen LogP contribution in [0.5, 0.6) is 0 Å². The highest BCUT2D eigenvalue weighted by atomic mass is 16.5. The lowest BCUT2D eigenvalue weighted by molar-refractivity contribution is 0.123. The smallest absolute Gasteiger partial charge is 0.136 e. The maximum atomic E-state index is 5.47. The number of benzene rings is 1. The fourth-order valence-electron chi connectivity index (χ4n) is 3.12. The maximum Gasteiger partial charge on any atom is 0.136 e. The number of aromatic nitrogens is 2. The van der Waals surface area contributed by atoms with Gasteiger partial charge in [0.05, 0.1) is 24.6 Å². The number of nitrogens with one attached hydrogen (secondary N) is 1. The highest BCUT2D eigenvalue weighted by Crippen LogP contribution is 2.29. The van der Waals surface area contributed by atoms with Gasteiger partial charge in [0, 0.05) is 32.2 Å². The van der Waals surface area contributed by atoms with Gasteiger partial charge >= 0.3 is 0 Å². The topological polar surface area (TPSA) is 53.5 Å². The van der Waals surface area contributed by atoms with Crippen molar-refractivity contribution in [3.63, 3.8) is 0 Å². The van der Waals surface area contributed by atoms with Crippen molar-refractivity contribution in [2.75, 3.05) is 54.5 Å². The normalized spacial score (nSPS) is 14.4. The zero-order valence-corrected chi connectivity index (χ0v) is 15.3. The third kappa shape index (κ3) is 4.20. The Morgan fingerprint density at radius 1 is 1.12 bits per heavy atom. The first kappa shape index (κ1) is 17.5. The molecule has 1 aromatic heterocycles. The molecule has 1 N–H and O–H groups in total. The Balaban J connectivity index is 1.87. The second-order valence-electron chi connectivity index (χ2n) is 6.07. The predicted octanol–water partition coefficient (Wildman–Crippen LogP) is 3.21. The molecule has 25 heavy (non-hydrogen) atoms. The van der Waals surface area contributed by atoms with Gasteiger partial charge in [-0.3, -0.25) is 0 Å². The van der Waals surface area contributed by atoms with Crippen molar-refractivity contribution in [3.05, 3.63) is 36.2 Å². The van der Waals surface area contributed by atoms with Crippen LogP contribution in [-0.4, -0.2) is 49.4 Å². The zero-order chi connectivity index (χ0) is 17.6. The molecular weight excluding hydrogens is 314 g/mol. The van der Waals surface area contributed by atoms with Crippen molar-refractivity contribution in [2.24, 2.45) is 0 Å². The van der Waals surface area contributed by atoms with Gasteiger partial charge < -0.3 is 19.9 Å². The van der Waals surface area contributed by atoms with E-state index in [1.54, 1.807) is 0 Å². The average molecular weight is 341 g/mol. The van der Waals surface area contributed by atoms with E-state index in [2.05, 4.69) is 57.1 Å². The molecule has 6 heteroatoms. The van der Waals surface area contributed by atoms with Crippen molar-refractivity contribution in [3.8, 4) is 0 Å². The molecule has 0 atom stereocenters. The predicted molar refractivity (Wildman–Crippen MR) is 103 cm³/mol. The number of ether oxygens (including phenoxy) is 1. The Hall–Kier alpha value is -2.34. The Morgan fingerprint density at radius 2 is 1.84 bits per heavy atom. The van der Waals surface area contributed by atoms with Crippen molar-refractivity contribution in [1.29, 1.82) is 0 Å². The summed E-state index contributed by atoms with van der Waals surface area (Å²) in [6.07, 6.45) is 0. The molecular formula is C19H27N5O. The van der Waals surface area contributed by atoms with E-state index in [4.69, 9.17) is 4.74 Å². The van der Waals surface area contributed by atoms with E-state index in [1.807, 2.05) is 19.1 Å². The van der Waals surface area contributed by atoms with E-state index in [0.717, 1.165) is 62.5 Å². The van der Waals surface area contributed by atoms with E-state index in [9.17, 15) is 0 Å². The van der Waals surface area contributed by atoms with Gasteiger partial charge in [-0.25, -0.2) is 9.97 Å². The summed E-state index contributed by atoms with van der Waals surface area (Å²) in [7, 11) is 0. The van der Waals surface area contributed by atoms with Crippen molar-refractivity contribution >= 4 is 23.0 Å². The molecule has 134 valence electrons. The minimum absolute atomic E-state index is 0.771. The molecule has 1 aliphatic heterocycles. The summed E-state index contributed by atoms with van der Waals surface area (Å²) in [5.41, 5.74) is 2.25. The van der Waals surface area contributed by atoms with E-state index >= 15 is 0 Å². The lowest BCUT2D eigenvalue weighted by Crippen LogP contribution is -2.36. The van der Waals surface area contributed by atoms with Gasteiger partial charge in [0.15, 0.2) is 0 Å². The SMILES string of the molecule is CCN(CC)c1cc(Nc2ccccc2N2CCOCC2)nc(C)n1. The van der Waals surface area contributed by atoms with Crippen LogP contribution in [0.2, 0.25) is 0 Å². The number of hydrogen-bond acceptors (Lipinski definition) is 6. The first-order valence-electron chi connectivity index (χ1n) is 9.00. The number of aryl methyl sites for hydroxylation is 1. The third-order valence-electron chi connectivity index (χ3n) is 4.43. The monoisotopic (exact) mass is 341 g/mol. The third-order valence-corrected chi connectivity index (χ3v) is 4.43. The fraction of sp³-hybridized carbons (Fsp3) is 0.474. The quantitative estimate of drug-likeness (QED) is 0.871. The van der Waals surface area contributed by atoms with Gasteiger partial charge in [-0.2, -0.15) is 0 Å². The lowest BCUT2D eigenvalue weighted by atomic mass is 10.2. The van der Waals surface area contributed by atoms with Crippen LogP contribution in [0.1, 0.15) is 19.7 Å².